The zero-order valence-corrected chi connectivity index (χ0v) is 15.3. The van der Waals surface area contributed by atoms with Crippen molar-refractivity contribution in [2.75, 3.05) is 13.1 Å². The number of aliphatic hydroxyl groups is 1. The van der Waals surface area contributed by atoms with Crippen molar-refractivity contribution in [2.24, 2.45) is 0 Å². The Labute approximate surface area is 147 Å². The van der Waals surface area contributed by atoms with Gasteiger partial charge in [0.05, 0.1) is 19.1 Å². The fraction of sp³-hybridized carbons (Fsp3) is 0.375. The second-order valence-corrected chi connectivity index (χ2v) is 8.06. The van der Waals surface area contributed by atoms with Crippen LogP contribution < -0.4 is 5.32 Å². The van der Waals surface area contributed by atoms with E-state index in [0.717, 1.165) is 19.9 Å². The molecule has 2 aromatic rings. The van der Waals surface area contributed by atoms with Gasteiger partial charge in [0.2, 0.25) is 0 Å². The van der Waals surface area contributed by atoms with Gasteiger partial charge in [-0.15, -0.1) is 11.3 Å². The molecule has 3 rings (SSSR count). The molecule has 122 valence electrons. The van der Waals surface area contributed by atoms with Crippen LogP contribution in [-0.4, -0.2) is 34.1 Å². The Hall–Kier alpha value is -1.44. The van der Waals surface area contributed by atoms with Crippen LogP contribution in [0.15, 0.2) is 34.9 Å². The van der Waals surface area contributed by atoms with E-state index in [-0.39, 0.29) is 12.1 Å². The molecule has 7 heteroatoms. The molecule has 0 unspecified atom stereocenters. The first-order chi connectivity index (χ1) is 10.9. The SMILES string of the molecule is Cc1cnc([C@H](C)NC(=O)N2CC(O)(c3cccc(Br)c3)C2)s1. The highest BCUT2D eigenvalue weighted by atomic mass is 79.9. The van der Waals surface area contributed by atoms with Gasteiger partial charge in [-0.25, -0.2) is 9.78 Å². The summed E-state index contributed by atoms with van der Waals surface area (Å²) in [5.41, 5.74) is -0.151. The number of aromatic nitrogens is 1. The molecular weight excluding hydrogens is 378 g/mol. The fourth-order valence-electron chi connectivity index (χ4n) is 2.60. The van der Waals surface area contributed by atoms with Gasteiger partial charge in [-0.3, -0.25) is 0 Å². The van der Waals surface area contributed by atoms with E-state index in [0.29, 0.717) is 13.1 Å². The number of rotatable bonds is 3. The Kier molecular flexibility index (Phi) is 4.44. The lowest BCUT2D eigenvalue weighted by atomic mass is 9.86. The van der Waals surface area contributed by atoms with E-state index in [1.807, 2.05) is 38.1 Å². The van der Waals surface area contributed by atoms with Gasteiger partial charge >= 0.3 is 6.03 Å². The number of nitrogens with zero attached hydrogens (tertiary/aromatic N) is 2. The van der Waals surface area contributed by atoms with Crippen molar-refractivity contribution >= 4 is 33.3 Å². The Bertz CT molecular complexity index is 728. The second-order valence-electron chi connectivity index (χ2n) is 5.88. The molecule has 1 aliphatic heterocycles. The minimum atomic E-state index is -0.970. The number of urea groups is 1. The normalized spacial score (nSPS) is 17.5. The molecule has 1 aromatic heterocycles. The number of carbonyl (C=O) groups excluding carboxylic acids is 1. The molecule has 2 N–H and O–H groups in total. The fourth-order valence-corrected chi connectivity index (χ4v) is 3.78. The summed E-state index contributed by atoms with van der Waals surface area (Å²) in [6, 6.07) is 7.24. The van der Waals surface area contributed by atoms with E-state index in [1.54, 1.807) is 22.4 Å². The summed E-state index contributed by atoms with van der Waals surface area (Å²) in [7, 11) is 0. The van der Waals surface area contributed by atoms with E-state index in [9.17, 15) is 9.90 Å². The average Bonchev–Trinajstić information content (AvgIpc) is 2.90. The van der Waals surface area contributed by atoms with Crippen LogP contribution in [0.4, 0.5) is 4.79 Å². The minimum absolute atomic E-state index is 0.138. The van der Waals surface area contributed by atoms with Crippen molar-refractivity contribution in [3.8, 4) is 0 Å². The van der Waals surface area contributed by atoms with Gasteiger partial charge in [-0.1, -0.05) is 28.1 Å². The number of hydrogen-bond acceptors (Lipinski definition) is 4. The molecule has 1 fully saturated rings. The molecule has 0 spiro atoms. The van der Waals surface area contributed by atoms with E-state index in [4.69, 9.17) is 0 Å². The summed E-state index contributed by atoms with van der Waals surface area (Å²) in [5.74, 6) is 0. The van der Waals surface area contributed by atoms with Crippen LogP contribution in [0.5, 0.6) is 0 Å². The Morgan fingerprint density at radius 2 is 2.26 bits per heavy atom. The number of likely N-dealkylation sites (tertiary alicyclic amines) is 1. The van der Waals surface area contributed by atoms with Crippen LogP contribution in [-0.2, 0) is 5.60 Å². The lowest BCUT2D eigenvalue weighted by molar-refractivity contribution is -0.0819. The Morgan fingerprint density at radius 3 is 2.87 bits per heavy atom. The van der Waals surface area contributed by atoms with E-state index < -0.39 is 5.60 Å². The lowest BCUT2D eigenvalue weighted by Crippen LogP contribution is -2.63. The van der Waals surface area contributed by atoms with Gasteiger partial charge in [0.15, 0.2) is 0 Å². The number of thiazole rings is 1. The molecule has 1 saturated heterocycles. The van der Waals surface area contributed by atoms with Crippen LogP contribution >= 0.6 is 27.3 Å². The molecule has 0 saturated carbocycles. The number of amides is 2. The van der Waals surface area contributed by atoms with Crippen molar-refractivity contribution in [3.63, 3.8) is 0 Å². The standard InChI is InChI=1S/C16H18BrN3O2S/c1-10-7-18-14(23-10)11(2)19-15(21)20-8-16(22,9-20)12-4-3-5-13(17)6-12/h3-7,11,22H,8-9H2,1-2H3,(H,19,21)/t11-/m0/s1. The van der Waals surface area contributed by atoms with Crippen LogP contribution in [0.25, 0.3) is 0 Å². The van der Waals surface area contributed by atoms with Crippen LogP contribution in [0.1, 0.15) is 28.4 Å². The summed E-state index contributed by atoms with van der Waals surface area (Å²) in [4.78, 5) is 19.3. The van der Waals surface area contributed by atoms with Crippen molar-refractivity contribution < 1.29 is 9.90 Å². The molecule has 0 aliphatic carbocycles. The lowest BCUT2D eigenvalue weighted by Gasteiger charge is -2.46. The van der Waals surface area contributed by atoms with Gasteiger partial charge < -0.3 is 15.3 Å². The summed E-state index contributed by atoms with van der Waals surface area (Å²) >= 11 is 4.98. The molecule has 1 atom stereocenters. The molecule has 1 aromatic carbocycles. The van der Waals surface area contributed by atoms with E-state index in [1.165, 1.54) is 0 Å². The summed E-state index contributed by atoms with van der Waals surface area (Å²) in [5, 5.41) is 14.4. The first-order valence-corrected chi connectivity index (χ1v) is 8.94. The van der Waals surface area contributed by atoms with Gasteiger partial charge in [0.1, 0.15) is 10.6 Å². The summed E-state index contributed by atoms with van der Waals surface area (Å²) in [6.45, 7) is 4.48. The number of benzene rings is 1. The number of nitrogens with one attached hydrogen (secondary N) is 1. The van der Waals surface area contributed by atoms with Crippen molar-refractivity contribution in [3.05, 3.63) is 50.4 Å². The van der Waals surface area contributed by atoms with Crippen molar-refractivity contribution in [1.29, 1.82) is 0 Å². The zero-order valence-electron chi connectivity index (χ0n) is 12.9. The maximum Gasteiger partial charge on any atom is 0.318 e. The maximum absolute atomic E-state index is 12.3. The number of carbonyl (C=O) groups is 1. The quantitative estimate of drug-likeness (QED) is 0.838. The number of hydrogen-bond donors (Lipinski definition) is 2. The smallest absolute Gasteiger partial charge is 0.318 e. The number of β-amino-alcohol motifs (C(OH)–C–C–N with tert-alkyl or cyclic N) is 1. The van der Waals surface area contributed by atoms with Crippen molar-refractivity contribution in [2.45, 2.75) is 25.5 Å². The highest BCUT2D eigenvalue weighted by Crippen LogP contribution is 2.33. The van der Waals surface area contributed by atoms with Crippen LogP contribution in [0.2, 0.25) is 0 Å². The van der Waals surface area contributed by atoms with Gasteiger partial charge in [0.25, 0.3) is 0 Å². The number of aryl methyl sites for hydroxylation is 1. The predicted molar refractivity (Wildman–Crippen MR) is 93.4 cm³/mol. The van der Waals surface area contributed by atoms with Crippen LogP contribution in [0, 0.1) is 6.92 Å². The minimum Gasteiger partial charge on any atom is -0.381 e. The predicted octanol–water partition coefficient (Wildman–Crippen LogP) is 3.19. The third kappa shape index (κ3) is 3.41. The van der Waals surface area contributed by atoms with Gasteiger partial charge in [0, 0.05) is 15.5 Å². The molecular formula is C16H18BrN3O2S. The first kappa shape index (κ1) is 16.4. The Balaban J connectivity index is 1.59. The zero-order chi connectivity index (χ0) is 16.6. The molecule has 23 heavy (non-hydrogen) atoms. The van der Waals surface area contributed by atoms with Gasteiger partial charge in [-0.05, 0) is 31.5 Å². The summed E-state index contributed by atoms with van der Waals surface area (Å²) in [6.07, 6.45) is 1.80. The maximum atomic E-state index is 12.3. The summed E-state index contributed by atoms with van der Waals surface area (Å²) < 4.78 is 0.916. The average molecular weight is 396 g/mol. The molecule has 0 radical (unpaired) electrons. The number of halogens is 1. The van der Waals surface area contributed by atoms with Crippen molar-refractivity contribution in [1.82, 2.24) is 15.2 Å². The van der Waals surface area contributed by atoms with Gasteiger partial charge in [-0.2, -0.15) is 0 Å². The molecule has 0 bridgehead atoms. The largest absolute Gasteiger partial charge is 0.381 e. The highest BCUT2D eigenvalue weighted by molar-refractivity contribution is 9.10. The Morgan fingerprint density at radius 1 is 1.52 bits per heavy atom. The molecule has 1 aliphatic rings. The molecule has 5 nitrogen and oxygen atoms in total. The topological polar surface area (TPSA) is 65.5 Å². The van der Waals surface area contributed by atoms with E-state index in [2.05, 4.69) is 26.2 Å². The third-order valence-corrected chi connectivity index (χ3v) is 5.49. The molecule has 2 amide bonds. The first-order valence-electron chi connectivity index (χ1n) is 7.33. The van der Waals surface area contributed by atoms with E-state index >= 15 is 0 Å². The highest BCUT2D eigenvalue weighted by Gasteiger charge is 2.45. The monoisotopic (exact) mass is 395 g/mol. The van der Waals surface area contributed by atoms with Crippen LogP contribution in [0.3, 0.4) is 0 Å². The second kappa shape index (κ2) is 6.22. The molecule has 2 heterocycles. The third-order valence-electron chi connectivity index (χ3n) is 3.90.